The van der Waals surface area contributed by atoms with E-state index in [2.05, 4.69) is 5.32 Å². The molecule has 3 N–H and O–H groups in total. The summed E-state index contributed by atoms with van der Waals surface area (Å²) in [5.41, 5.74) is 9.84. The summed E-state index contributed by atoms with van der Waals surface area (Å²) in [4.78, 5) is 24.5. The van der Waals surface area contributed by atoms with Crippen LogP contribution in [-0.2, 0) is 0 Å². The number of carbonyl (C=O) groups is 2. The van der Waals surface area contributed by atoms with E-state index in [1.807, 2.05) is 55.5 Å². The second-order valence-corrected chi connectivity index (χ2v) is 7.30. The molecule has 32 heavy (non-hydrogen) atoms. The van der Waals surface area contributed by atoms with Crippen LogP contribution in [0, 0.1) is 6.92 Å². The number of aromatic nitrogens is 2. The van der Waals surface area contributed by atoms with Crippen molar-refractivity contribution in [3.05, 3.63) is 95.7 Å². The van der Waals surface area contributed by atoms with E-state index in [0.29, 0.717) is 28.3 Å². The first-order chi connectivity index (χ1) is 15.4. The number of rotatable bonds is 6. The molecule has 0 aliphatic heterocycles. The molecule has 4 rings (SSSR count). The normalized spacial score (nSPS) is 10.6. The lowest BCUT2D eigenvalue weighted by atomic mass is 10.1. The number of anilines is 1. The molecular formula is C25H22N4O3. The maximum atomic E-state index is 13.2. The third-order valence-electron chi connectivity index (χ3n) is 5.03. The number of nitrogens with two attached hydrogens (primary N) is 1. The van der Waals surface area contributed by atoms with Gasteiger partial charge in [0.2, 0.25) is 5.91 Å². The Hall–Kier alpha value is -4.39. The van der Waals surface area contributed by atoms with Gasteiger partial charge in [0.1, 0.15) is 11.4 Å². The number of nitrogens with one attached hydrogen (secondary N) is 1. The zero-order valence-corrected chi connectivity index (χ0v) is 17.7. The molecule has 0 spiro atoms. The van der Waals surface area contributed by atoms with Crippen LogP contribution in [0.1, 0.15) is 26.3 Å². The van der Waals surface area contributed by atoms with Crippen LogP contribution in [0.3, 0.4) is 0 Å². The highest BCUT2D eigenvalue weighted by atomic mass is 16.5. The number of nitrogens with zero attached hydrogens (tertiary/aromatic N) is 2. The number of hydrogen-bond donors (Lipinski definition) is 2. The molecule has 160 valence electrons. The van der Waals surface area contributed by atoms with Gasteiger partial charge in [-0.15, -0.1) is 0 Å². The van der Waals surface area contributed by atoms with Crippen LogP contribution in [0.15, 0.2) is 79.0 Å². The van der Waals surface area contributed by atoms with Gasteiger partial charge in [0.05, 0.1) is 18.4 Å². The van der Waals surface area contributed by atoms with E-state index in [9.17, 15) is 9.59 Å². The number of benzene rings is 3. The van der Waals surface area contributed by atoms with Crippen LogP contribution in [0.4, 0.5) is 5.69 Å². The monoisotopic (exact) mass is 426 g/mol. The highest BCUT2D eigenvalue weighted by Gasteiger charge is 2.19. The quantitative estimate of drug-likeness (QED) is 0.482. The molecule has 0 atom stereocenters. The first kappa shape index (κ1) is 20.9. The Morgan fingerprint density at radius 3 is 2.38 bits per heavy atom. The summed E-state index contributed by atoms with van der Waals surface area (Å²) in [6.07, 6.45) is 1.70. The van der Waals surface area contributed by atoms with E-state index in [1.54, 1.807) is 42.3 Å². The second kappa shape index (κ2) is 8.77. The largest absolute Gasteiger partial charge is 0.497 e. The molecule has 2 amide bonds. The van der Waals surface area contributed by atoms with Gasteiger partial charge >= 0.3 is 0 Å². The van der Waals surface area contributed by atoms with Crippen molar-refractivity contribution in [2.45, 2.75) is 6.92 Å². The van der Waals surface area contributed by atoms with Crippen molar-refractivity contribution in [2.24, 2.45) is 5.73 Å². The molecule has 0 fully saturated rings. The Morgan fingerprint density at radius 1 is 1.00 bits per heavy atom. The maximum Gasteiger partial charge on any atom is 0.259 e. The molecule has 0 aliphatic rings. The van der Waals surface area contributed by atoms with Crippen LogP contribution in [-0.4, -0.2) is 28.7 Å². The minimum Gasteiger partial charge on any atom is -0.497 e. The molecule has 0 unspecified atom stereocenters. The summed E-state index contributed by atoms with van der Waals surface area (Å²) in [5.74, 6) is -0.184. The number of aryl methyl sites for hydroxylation is 1. The average molecular weight is 426 g/mol. The van der Waals surface area contributed by atoms with Crippen molar-refractivity contribution >= 4 is 17.5 Å². The molecule has 0 saturated heterocycles. The summed E-state index contributed by atoms with van der Waals surface area (Å²) in [6.45, 7) is 2.01. The lowest BCUT2D eigenvalue weighted by Crippen LogP contribution is -2.13. The summed E-state index contributed by atoms with van der Waals surface area (Å²) < 4.78 is 7.01. The van der Waals surface area contributed by atoms with E-state index in [1.165, 1.54) is 0 Å². The van der Waals surface area contributed by atoms with E-state index >= 15 is 0 Å². The number of primary amides is 1. The summed E-state index contributed by atoms with van der Waals surface area (Å²) in [6, 6.07) is 21.7. The molecule has 4 aromatic rings. The van der Waals surface area contributed by atoms with E-state index in [-0.39, 0.29) is 5.91 Å². The van der Waals surface area contributed by atoms with Gasteiger partial charge in [-0.3, -0.25) is 9.59 Å². The zero-order valence-electron chi connectivity index (χ0n) is 17.7. The minimum absolute atomic E-state index is 0.326. The molecule has 0 radical (unpaired) electrons. The molecule has 0 aliphatic carbocycles. The second-order valence-electron chi connectivity index (χ2n) is 7.30. The Morgan fingerprint density at radius 2 is 1.72 bits per heavy atom. The maximum absolute atomic E-state index is 13.2. The van der Waals surface area contributed by atoms with Crippen LogP contribution in [0.2, 0.25) is 0 Å². The molecule has 1 aromatic heterocycles. The van der Waals surface area contributed by atoms with E-state index < -0.39 is 5.91 Å². The average Bonchev–Trinajstić information content (AvgIpc) is 3.26. The van der Waals surface area contributed by atoms with E-state index in [0.717, 1.165) is 16.8 Å². The van der Waals surface area contributed by atoms with Crippen LogP contribution >= 0.6 is 0 Å². The smallest absolute Gasteiger partial charge is 0.259 e. The fourth-order valence-corrected chi connectivity index (χ4v) is 3.27. The predicted molar refractivity (Wildman–Crippen MR) is 123 cm³/mol. The van der Waals surface area contributed by atoms with Crippen molar-refractivity contribution in [1.82, 2.24) is 9.78 Å². The van der Waals surface area contributed by atoms with Gasteiger partial charge in [0.25, 0.3) is 5.91 Å². The zero-order chi connectivity index (χ0) is 22.7. The fraction of sp³-hybridized carbons (Fsp3) is 0.0800. The summed E-state index contributed by atoms with van der Waals surface area (Å²) >= 11 is 0. The Bertz CT molecular complexity index is 1280. The third kappa shape index (κ3) is 4.37. The van der Waals surface area contributed by atoms with Gasteiger partial charge in [0.15, 0.2) is 0 Å². The van der Waals surface area contributed by atoms with Gasteiger partial charge in [-0.25, -0.2) is 4.68 Å². The Labute approximate surface area is 185 Å². The summed E-state index contributed by atoms with van der Waals surface area (Å²) in [7, 11) is 1.59. The van der Waals surface area contributed by atoms with Gasteiger partial charge in [0, 0.05) is 23.0 Å². The van der Waals surface area contributed by atoms with Crippen LogP contribution in [0.5, 0.6) is 5.75 Å². The predicted octanol–water partition coefficient (Wildman–Crippen LogP) is 4.21. The first-order valence-electron chi connectivity index (χ1n) is 9.97. The number of carbonyl (C=O) groups excluding carboxylic acids is 2. The molecule has 7 heteroatoms. The highest BCUT2D eigenvalue weighted by Crippen LogP contribution is 2.28. The number of ether oxygens (including phenoxy) is 1. The molecule has 0 bridgehead atoms. The molecule has 0 saturated carbocycles. The Kier molecular flexibility index (Phi) is 5.72. The van der Waals surface area contributed by atoms with Gasteiger partial charge in [-0.1, -0.05) is 29.8 Å². The molecule has 7 nitrogen and oxygen atoms in total. The number of methoxy groups -OCH3 is 1. The van der Waals surface area contributed by atoms with Crippen molar-refractivity contribution in [2.75, 3.05) is 12.4 Å². The summed E-state index contributed by atoms with van der Waals surface area (Å²) in [5, 5.41) is 7.56. The SMILES string of the molecule is COc1cccc(-c2nn(-c3ccc(C)cc3)cc2C(=O)Nc2ccc(C(N)=O)cc2)c1. The third-order valence-corrected chi connectivity index (χ3v) is 5.03. The standard InChI is InChI=1S/C25H22N4O3/c1-16-6-12-20(13-7-16)29-15-22(23(28-29)18-4-3-5-21(14-18)32-2)25(31)27-19-10-8-17(9-11-19)24(26)30/h3-15H,1-2H3,(H2,26,30)(H,27,31). The lowest BCUT2D eigenvalue weighted by Gasteiger charge is -2.07. The lowest BCUT2D eigenvalue weighted by molar-refractivity contribution is 0.0998. The van der Waals surface area contributed by atoms with Crippen molar-refractivity contribution in [1.29, 1.82) is 0 Å². The van der Waals surface area contributed by atoms with Gasteiger partial charge < -0.3 is 15.8 Å². The topological polar surface area (TPSA) is 99.2 Å². The minimum atomic E-state index is -0.525. The molecule has 1 heterocycles. The highest BCUT2D eigenvalue weighted by molar-refractivity contribution is 6.08. The van der Waals surface area contributed by atoms with Crippen molar-refractivity contribution in [3.63, 3.8) is 0 Å². The molecular weight excluding hydrogens is 404 g/mol. The van der Waals surface area contributed by atoms with Crippen molar-refractivity contribution < 1.29 is 14.3 Å². The fourth-order valence-electron chi connectivity index (χ4n) is 3.27. The number of hydrogen-bond acceptors (Lipinski definition) is 4. The Balaban J connectivity index is 1.73. The number of amides is 2. The van der Waals surface area contributed by atoms with Crippen LogP contribution < -0.4 is 15.8 Å². The first-order valence-corrected chi connectivity index (χ1v) is 9.97. The van der Waals surface area contributed by atoms with Gasteiger partial charge in [-0.05, 0) is 55.5 Å². The molecule has 3 aromatic carbocycles. The van der Waals surface area contributed by atoms with Gasteiger partial charge in [-0.2, -0.15) is 5.10 Å². The van der Waals surface area contributed by atoms with E-state index in [4.69, 9.17) is 15.6 Å². The van der Waals surface area contributed by atoms with Crippen molar-refractivity contribution in [3.8, 4) is 22.7 Å². The van der Waals surface area contributed by atoms with Crippen LogP contribution in [0.25, 0.3) is 16.9 Å².